The summed E-state index contributed by atoms with van der Waals surface area (Å²) in [5, 5.41) is 2.52. The lowest BCUT2D eigenvalue weighted by molar-refractivity contribution is 0.591. The summed E-state index contributed by atoms with van der Waals surface area (Å²) in [4.78, 5) is 0. The van der Waals surface area contributed by atoms with Gasteiger partial charge in [0.25, 0.3) is 0 Å². The third-order valence-electron chi connectivity index (χ3n) is 3.04. The average molecular weight is 258 g/mol. The molecule has 0 aliphatic carbocycles. The number of nitrogens with one attached hydrogen (secondary N) is 1. The average Bonchev–Trinajstić information content (AvgIpc) is 2.60. The van der Waals surface area contributed by atoms with E-state index in [1.54, 1.807) is 6.07 Å². The van der Waals surface area contributed by atoms with Crippen LogP contribution in [0.3, 0.4) is 0 Å². The molecule has 1 saturated heterocycles. The van der Waals surface area contributed by atoms with Gasteiger partial charge in [-0.3, -0.25) is 0 Å². The van der Waals surface area contributed by atoms with E-state index in [4.69, 9.17) is 5.73 Å². The number of para-hydroxylation sites is 1. The molecule has 94 valence electrons. The summed E-state index contributed by atoms with van der Waals surface area (Å²) in [5.74, 6) is -0.248. The molecule has 0 spiro atoms. The molecule has 1 atom stereocenters. The molecule has 1 fully saturated rings. The molecular formula is C11H15FN2O2S. The number of hydrogen-bond donors (Lipinski definition) is 2. The predicted octanol–water partition coefficient (Wildman–Crippen LogP) is 1.40. The van der Waals surface area contributed by atoms with Crippen molar-refractivity contribution in [3.63, 3.8) is 0 Å². The van der Waals surface area contributed by atoms with Crippen molar-refractivity contribution in [2.75, 3.05) is 23.3 Å². The lowest BCUT2D eigenvalue weighted by Crippen LogP contribution is -2.25. The second-order valence-electron chi connectivity index (χ2n) is 4.21. The van der Waals surface area contributed by atoms with Crippen LogP contribution in [0, 0.1) is 5.82 Å². The fraction of sp³-hybridized carbons (Fsp3) is 0.455. The Morgan fingerprint density at radius 1 is 1.47 bits per heavy atom. The zero-order valence-electron chi connectivity index (χ0n) is 9.32. The second-order valence-corrected chi connectivity index (χ2v) is 6.61. The van der Waals surface area contributed by atoms with Crippen molar-refractivity contribution in [3.05, 3.63) is 24.0 Å². The SMILES string of the molecule is Nc1c(F)cccc1NCC1CCCS1(=O)=O. The van der Waals surface area contributed by atoms with Crippen molar-refractivity contribution in [3.8, 4) is 0 Å². The summed E-state index contributed by atoms with van der Waals surface area (Å²) >= 11 is 0. The number of anilines is 2. The van der Waals surface area contributed by atoms with Crippen LogP contribution in [-0.4, -0.2) is 26.0 Å². The molecule has 6 heteroatoms. The molecule has 3 N–H and O–H groups in total. The number of benzene rings is 1. The smallest absolute Gasteiger partial charge is 0.154 e. The van der Waals surface area contributed by atoms with Gasteiger partial charge in [-0.1, -0.05) is 6.07 Å². The number of nitrogen functional groups attached to an aromatic ring is 1. The van der Waals surface area contributed by atoms with E-state index in [1.165, 1.54) is 12.1 Å². The minimum absolute atomic E-state index is 0.0305. The first kappa shape index (κ1) is 12.2. The molecule has 0 amide bonds. The Bertz CT molecular complexity index is 516. The lowest BCUT2D eigenvalue weighted by Gasteiger charge is -2.13. The van der Waals surface area contributed by atoms with Gasteiger partial charge >= 0.3 is 0 Å². The van der Waals surface area contributed by atoms with Gasteiger partial charge in [-0.15, -0.1) is 0 Å². The summed E-state index contributed by atoms with van der Waals surface area (Å²) in [7, 11) is -2.98. The van der Waals surface area contributed by atoms with E-state index in [1.807, 2.05) is 0 Å². The minimum Gasteiger partial charge on any atom is -0.395 e. The second kappa shape index (κ2) is 4.52. The quantitative estimate of drug-likeness (QED) is 0.804. The van der Waals surface area contributed by atoms with Gasteiger partial charge in [0, 0.05) is 6.54 Å². The van der Waals surface area contributed by atoms with Crippen LogP contribution in [0.2, 0.25) is 0 Å². The van der Waals surface area contributed by atoms with Crippen LogP contribution < -0.4 is 11.1 Å². The van der Waals surface area contributed by atoms with E-state index in [-0.39, 0.29) is 23.2 Å². The fourth-order valence-electron chi connectivity index (χ4n) is 2.00. The molecule has 1 heterocycles. The highest BCUT2D eigenvalue weighted by atomic mass is 32.2. The zero-order chi connectivity index (χ0) is 12.5. The molecule has 1 aromatic carbocycles. The van der Waals surface area contributed by atoms with Gasteiger partial charge in [0.05, 0.1) is 22.4 Å². The number of rotatable bonds is 3. The van der Waals surface area contributed by atoms with E-state index in [0.717, 1.165) is 0 Å². The van der Waals surface area contributed by atoms with E-state index in [2.05, 4.69) is 5.32 Å². The minimum atomic E-state index is -2.98. The van der Waals surface area contributed by atoms with Crippen molar-refractivity contribution in [1.29, 1.82) is 0 Å². The Balaban J connectivity index is 2.06. The molecule has 0 bridgehead atoms. The Morgan fingerprint density at radius 3 is 2.88 bits per heavy atom. The summed E-state index contributed by atoms with van der Waals surface area (Å²) in [5.41, 5.74) is 6.03. The molecule has 0 radical (unpaired) electrons. The van der Waals surface area contributed by atoms with E-state index in [0.29, 0.717) is 18.5 Å². The lowest BCUT2D eigenvalue weighted by atomic mass is 10.2. The highest BCUT2D eigenvalue weighted by Gasteiger charge is 2.30. The highest BCUT2D eigenvalue weighted by molar-refractivity contribution is 7.92. The van der Waals surface area contributed by atoms with Gasteiger partial charge in [-0.2, -0.15) is 0 Å². The Hall–Kier alpha value is -1.30. The van der Waals surface area contributed by atoms with E-state index < -0.39 is 15.7 Å². The highest BCUT2D eigenvalue weighted by Crippen LogP contribution is 2.24. The first-order valence-corrected chi connectivity index (χ1v) is 7.21. The Morgan fingerprint density at radius 2 is 2.24 bits per heavy atom. The maximum absolute atomic E-state index is 13.1. The van der Waals surface area contributed by atoms with Crippen molar-refractivity contribution in [2.45, 2.75) is 18.1 Å². The normalized spacial score (nSPS) is 22.5. The van der Waals surface area contributed by atoms with Crippen LogP contribution >= 0.6 is 0 Å². The molecule has 1 aliphatic heterocycles. The molecule has 0 aromatic heterocycles. The topological polar surface area (TPSA) is 72.2 Å². The number of halogens is 1. The molecule has 2 rings (SSSR count). The summed E-state index contributed by atoms with van der Waals surface area (Å²) in [6.07, 6.45) is 1.36. The van der Waals surface area contributed by atoms with Crippen LogP contribution in [0.15, 0.2) is 18.2 Å². The summed E-state index contributed by atoms with van der Waals surface area (Å²) in [6.45, 7) is 0.288. The molecular weight excluding hydrogens is 243 g/mol. The summed E-state index contributed by atoms with van der Waals surface area (Å²) < 4.78 is 36.3. The first-order valence-electron chi connectivity index (χ1n) is 5.50. The molecule has 1 aliphatic rings. The third-order valence-corrected chi connectivity index (χ3v) is 5.31. The van der Waals surface area contributed by atoms with Gasteiger partial charge in [0.2, 0.25) is 0 Å². The molecule has 17 heavy (non-hydrogen) atoms. The van der Waals surface area contributed by atoms with Gasteiger partial charge in [0.15, 0.2) is 9.84 Å². The summed E-state index contributed by atoms with van der Waals surface area (Å²) in [6, 6.07) is 4.45. The van der Waals surface area contributed by atoms with Gasteiger partial charge < -0.3 is 11.1 Å². The standard InChI is InChI=1S/C11H15FN2O2S/c12-9-4-1-5-10(11(9)13)14-7-8-3-2-6-17(8,15)16/h1,4-5,8,14H,2-3,6-7,13H2. The largest absolute Gasteiger partial charge is 0.395 e. The maximum atomic E-state index is 13.1. The maximum Gasteiger partial charge on any atom is 0.154 e. The Kier molecular flexibility index (Phi) is 3.24. The first-order chi connectivity index (χ1) is 8.00. The Labute approximate surface area is 99.9 Å². The van der Waals surface area contributed by atoms with Gasteiger partial charge in [-0.05, 0) is 25.0 Å². The van der Waals surface area contributed by atoms with Crippen LogP contribution in [0.4, 0.5) is 15.8 Å². The number of nitrogens with two attached hydrogens (primary N) is 1. The van der Waals surface area contributed by atoms with Gasteiger partial charge in [0.1, 0.15) is 5.82 Å². The number of sulfone groups is 1. The van der Waals surface area contributed by atoms with Crippen LogP contribution in [0.25, 0.3) is 0 Å². The van der Waals surface area contributed by atoms with Crippen molar-refractivity contribution >= 4 is 21.2 Å². The molecule has 1 aromatic rings. The van der Waals surface area contributed by atoms with Crippen molar-refractivity contribution < 1.29 is 12.8 Å². The zero-order valence-corrected chi connectivity index (χ0v) is 10.1. The van der Waals surface area contributed by atoms with Gasteiger partial charge in [-0.25, -0.2) is 12.8 Å². The van der Waals surface area contributed by atoms with E-state index in [9.17, 15) is 12.8 Å². The van der Waals surface area contributed by atoms with E-state index >= 15 is 0 Å². The van der Waals surface area contributed by atoms with Crippen molar-refractivity contribution in [1.82, 2.24) is 0 Å². The number of hydrogen-bond acceptors (Lipinski definition) is 4. The molecule has 4 nitrogen and oxygen atoms in total. The third kappa shape index (κ3) is 2.52. The molecule has 1 unspecified atom stereocenters. The fourth-order valence-corrected chi connectivity index (χ4v) is 3.77. The molecule has 0 saturated carbocycles. The van der Waals surface area contributed by atoms with Crippen LogP contribution in [0.1, 0.15) is 12.8 Å². The van der Waals surface area contributed by atoms with Crippen molar-refractivity contribution in [2.24, 2.45) is 0 Å². The monoisotopic (exact) mass is 258 g/mol. The van der Waals surface area contributed by atoms with Crippen LogP contribution in [0.5, 0.6) is 0 Å². The van der Waals surface area contributed by atoms with Crippen LogP contribution in [-0.2, 0) is 9.84 Å². The predicted molar refractivity (Wildman–Crippen MR) is 66.1 cm³/mol.